The third-order valence-corrected chi connectivity index (χ3v) is 5.84. The number of rotatable bonds is 8. The fraction of sp³-hybridized carbons (Fsp3) is 0.458. The molecule has 0 aromatic heterocycles. The van der Waals surface area contributed by atoms with Crippen LogP contribution in [0.3, 0.4) is 0 Å². The molecule has 0 atom stereocenters. The number of aromatic hydroxyl groups is 2. The predicted octanol–water partition coefficient (Wildman–Crippen LogP) is 4.15. The second kappa shape index (κ2) is 9.06. The van der Waals surface area contributed by atoms with E-state index in [9.17, 15) is 34.8 Å². The van der Waals surface area contributed by atoms with Gasteiger partial charge in [0, 0.05) is 36.0 Å². The molecule has 0 spiro atoms. The predicted molar refractivity (Wildman–Crippen MR) is 117 cm³/mol. The smallest absolute Gasteiger partial charge is 0.183 e. The summed E-state index contributed by atoms with van der Waals surface area (Å²) in [6.07, 6.45) is 0.182. The monoisotopic (exact) mass is 446 g/mol. The lowest BCUT2D eigenvalue weighted by atomic mass is 9.73. The summed E-state index contributed by atoms with van der Waals surface area (Å²) in [5.41, 5.74) is -2.18. The van der Waals surface area contributed by atoms with Crippen LogP contribution in [-0.4, -0.2) is 44.9 Å². The van der Waals surface area contributed by atoms with Crippen LogP contribution in [-0.2, 0) is 16.0 Å². The lowest BCUT2D eigenvalue weighted by Gasteiger charge is -2.31. The highest BCUT2D eigenvalue weighted by Crippen LogP contribution is 2.46. The van der Waals surface area contributed by atoms with Crippen molar-refractivity contribution in [2.45, 2.75) is 60.3 Å². The summed E-state index contributed by atoms with van der Waals surface area (Å²) in [7, 11) is 1.31. The molecule has 32 heavy (non-hydrogen) atoms. The van der Waals surface area contributed by atoms with Gasteiger partial charge in [0.05, 0.1) is 12.5 Å². The molecular formula is C24H30O8. The first-order valence-corrected chi connectivity index (χ1v) is 10.4. The van der Waals surface area contributed by atoms with E-state index in [-0.39, 0.29) is 40.9 Å². The molecule has 0 bridgehead atoms. The molecule has 4 N–H and O–H groups in total. The standard InChI is InChI=1S/C24H30O8/c1-7-9-15(26)16-19(28)12(18(27)11(3)21(16)32-6)10-13-20(29)17(14(25)8-2)23(31)24(4,5)22(13)30/h27-30H,7-10H2,1-6H3. The quantitative estimate of drug-likeness (QED) is 0.345. The number of ether oxygens (including phenoxy) is 1. The van der Waals surface area contributed by atoms with Crippen molar-refractivity contribution in [1.29, 1.82) is 0 Å². The summed E-state index contributed by atoms with van der Waals surface area (Å²) in [6.45, 7) is 7.67. The summed E-state index contributed by atoms with van der Waals surface area (Å²) >= 11 is 0. The van der Waals surface area contributed by atoms with Crippen molar-refractivity contribution in [2.24, 2.45) is 5.41 Å². The van der Waals surface area contributed by atoms with Crippen LogP contribution in [0.2, 0.25) is 0 Å². The summed E-state index contributed by atoms with van der Waals surface area (Å²) in [5.74, 6) is -3.81. The van der Waals surface area contributed by atoms with Crippen molar-refractivity contribution < 1.29 is 39.5 Å². The van der Waals surface area contributed by atoms with Crippen molar-refractivity contribution in [3.05, 3.63) is 39.4 Å². The van der Waals surface area contributed by atoms with E-state index < -0.39 is 57.8 Å². The zero-order valence-corrected chi connectivity index (χ0v) is 19.3. The summed E-state index contributed by atoms with van der Waals surface area (Å²) in [6, 6.07) is 0. The van der Waals surface area contributed by atoms with E-state index >= 15 is 0 Å². The molecule has 1 aliphatic carbocycles. The molecule has 0 saturated carbocycles. The number of Topliss-reactive ketones (excluding diaryl/α,β-unsaturated/α-hetero) is 3. The highest BCUT2D eigenvalue weighted by Gasteiger charge is 2.45. The normalized spacial score (nSPS) is 15.9. The van der Waals surface area contributed by atoms with Gasteiger partial charge in [-0.25, -0.2) is 0 Å². The molecular weight excluding hydrogens is 416 g/mol. The van der Waals surface area contributed by atoms with Crippen LogP contribution in [0.1, 0.15) is 68.4 Å². The fourth-order valence-electron chi connectivity index (χ4n) is 3.87. The molecule has 8 heteroatoms. The summed E-state index contributed by atoms with van der Waals surface area (Å²) < 4.78 is 5.25. The Labute approximate surface area is 186 Å². The van der Waals surface area contributed by atoms with E-state index in [4.69, 9.17) is 4.74 Å². The van der Waals surface area contributed by atoms with Crippen molar-refractivity contribution in [1.82, 2.24) is 0 Å². The molecule has 0 aliphatic heterocycles. The number of carbonyl (C=O) groups excluding carboxylic acids is 3. The maximum absolute atomic E-state index is 12.8. The first-order valence-electron chi connectivity index (χ1n) is 10.4. The zero-order chi connectivity index (χ0) is 24.5. The molecule has 0 heterocycles. The minimum atomic E-state index is -1.50. The minimum absolute atomic E-state index is 0.0289. The summed E-state index contributed by atoms with van der Waals surface area (Å²) in [4.78, 5) is 37.8. The Morgan fingerprint density at radius 3 is 2.09 bits per heavy atom. The maximum Gasteiger partial charge on any atom is 0.183 e. The molecule has 0 unspecified atom stereocenters. The van der Waals surface area contributed by atoms with E-state index in [0.717, 1.165) is 0 Å². The SMILES string of the molecule is CCCC(=O)c1c(O)c(CC2=C(O)C(C)(C)C(=O)C(C(=O)CC)=C2O)c(O)c(C)c1OC. The molecule has 0 radical (unpaired) electrons. The second-order valence-corrected chi connectivity index (χ2v) is 8.34. The van der Waals surface area contributed by atoms with Gasteiger partial charge < -0.3 is 25.2 Å². The zero-order valence-electron chi connectivity index (χ0n) is 19.3. The topological polar surface area (TPSA) is 141 Å². The van der Waals surface area contributed by atoms with Crippen LogP contribution in [0, 0.1) is 12.3 Å². The Balaban J connectivity index is 2.81. The number of aliphatic hydroxyl groups excluding tert-OH is 2. The van der Waals surface area contributed by atoms with Crippen molar-refractivity contribution >= 4 is 17.3 Å². The molecule has 1 aliphatic rings. The second-order valence-electron chi connectivity index (χ2n) is 8.34. The Kier molecular flexibility index (Phi) is 7.07. The van der Waals surface area contributed by atoms with Crippen LogP contribution >= 0.6 is 0 Å². The van der Waals surface area contributed by atoms with Gasteiger partial charge in [-0.15, -0.1) is 0 Å². The number of hydrogen-bond donors (Lipinski definition) is 4. The van der Waals surface area contributed by atoms with E-state index in [1.165, 1.54) is 34.8 Å². The lowest BCUT2D eigenvalue weighted by Crippen LogP contribution is -2.36. The Bertz CT molecular complexity index is 1060. The van der Waals surface area contributed by atoms with Crippen LogP contribution in [0.4, 0.5) is 0 Å². The number of benzene rings is 1. The Morgan fingerprint density at radius 1 is 1.00 bits per heavy atom. The van der Waals surface area contributed by atoms with Gasteiger partial charge in [-0.2, -0.15) is 0 Å². The molecule has 0 amide bonds. The summed E-state index contributed by atoms with van der Waals surface area (Å²) in [5, 5.41) is 43.2. The van der Waals surface area contributed by atoms with Gasteiger partial charge in [0.15, 0.2) is 17.3 Å². The van der Waals surface area contributed by atoms with Gasteiger partial charge in [0.1, 0.15) is 39.9 Å². The number of phenolic OH excluding ortho intramolecular Hbond substituents is 2. The highest BCUT2D eigenvalue weighted by atomic mass is 16.5. The molecule has 2 rings (SSSR count). The first kappa shape index (κ1) is 25.0. The fourth-order valence-corrected chi connectivity index (χ4v) is 3.87. The largest absolute Gasteiger partial charge is 0.511 e. The van der Waals surface area contributed by atoms with Crippen LogP contribution < -0.4 is 4.74 Å². The minimum Gasteiger partial charge on any atom is -0.511 e. The lowest BCUT2D eigenvalue weighted by molar-refractivity contribution is -0.127. The third-order valence-electron chi connectivity index (χ3n) is 5.84. The first-order chi connectivity index (χ1) is 14.9. The number of phenols is 2. The van der Waals surface area contributed by atoms with E-state index in [0.29, 0.717) is 6.42 Å². The van der Waals surface area contributed by atoms with Crippen LogP contribution in [0.5, 0.6) is 17.2 Å². The van der Waals surface area contributed by atoms with Gasteiger partial charge in [-0.1, -0.05) is 13.8 Å². The average molecular weight is 446 g/mol. The number of allylic oxidation sites excluding steroid dienone is 3. The number of methoxy groups -OCH3 is 1. The van der Waals surface area contributed by atoms with Crippen molar-refractivity contribution in [2.75, 3.05) is 7.11 Å². The van der Waals surface area contributed by atoms with Gasteiger partial charge in [0.25, 0.3) is 0 Å². The van der Waals surface area contributed by atoms with Gasteiger partial charge in [0.2, 0.25) is 0 Å². The molecule has 0 fully saturated rings. The highest BCUT2D eigenvalue weighted by molar-refractivity contribution is 6.24. The number of aliphatic hydroxyl groups is 2. The molecule has 8 nitrogen and oxygen atoms in total. The van der Waals surface area contributed by atoms with E-state index in [1.807, 2.05) is 0 Å². The molecule has 1 aromatic carbocycles. The van der Waals surface area contributed by atoms with Crippen LogP contribution in [0.15, 0.2) is 22.7 Å². The van der Waals surface area contributed by atoms with Crippen LogP contribution in [0.25, 0.3) is 0 Å². The number of hydrogen-bond acceptors (Lipinski definition) is 8. The number of ketones is 3. The van der Waals surface area contributed by atoms with E-state index in [2.05, 4.69) is 0 Å². The van der Waals surface area contributed by atoms with Crippen molar-refractivity contribution in [3.8, 4) is 17.2 Å². The van der Waals surface area contributed by atoms with Gasteiger partial charge in [-0.05, 0) is 27.2 Å². The number of carbonyl (C=O) groups is 3. The van der Waals surface area contributed by atoms with Gasteiger partial charge >= 0.3 is 0 Å². The molecule has 174 valence electrons. The Morgan fingerprint density at radius 2 is 1.59 bits per heavy atom. The van der Waals surface area contributed by atoms with Gasteiger partial charge in [-0.3, -0.25) is 14.4 Å². The average Bonchev–Trinajstić information content (AvgIpc) is 2.74. The maximum atomic E-state index is 12.8. The third kappa shape index (κ3) is 3.85. The van der Waals surface area contributed by atoms with Crippen molar-refractivity contribution in [3.63, 3.8) is 0 Å². The molecule has 0 saturated heterocycles. The Hall–Kier alpha value is -3.29. The molecule has 1 aromatic rings. The van der Waals surface area contributed by atoms with E-state index in [1.54, 1.807) is 6.92 Å².